The van der Waals surface area contributed by atoms with E-state index in [0.29, 0.717) is 12.5 Å². The van der Waals surface area contributed by atoms with Gasteiger partial charge in [0.15, 0.2) is 0 Å². The average Bonchev–Trinajstić information content (AvgIpc) is 3.27. The van der Waals surface area contributed by atoms with Crippen LogP contribution in [0.5, 0.6) is 5.75 Å². The second-order valence-electron chi connectivity index (χ2n) is 12.8. The topological polar surface area (TPSA) is 60.0 Å². The minimum absolute atomic E-state index is 0.0237. The van der Waals surface area contributed by atoms with Crippen LogP contribution in [0.2, 0.25) is 0 Å². The van der Waals surface area contributed by atoms with Gasteiger partial charge in [-0.1, -0.05) is 80.5 Å². The fourth-order valence-electron chi connectivity index (χ4n) is 8.24. The van der Waals surface area contributed by atoms with Gasteiger partial charge in [-0.2, -0.15) is 0 Å². The fourth-order valence-corrected chi connectivity index (χ4v) is 9.78. The number of ether oxygens (including phenoxy) is 3. The maximum Gasteiger partial charge on any atom is 0.123 e. The lowest BCUT2D eigenvalue weighted by Gasteiger charge is -2.59. The zero-order valence-electron chi connectivity index (χ0n) is 24.6. The highest BCUT2D eigenvalue weighted by Crippen LogP contribution is 2.70. The molecule has 9 atom stereocenters. The number of fused-ring (bicyclic) bond motifs is 3. The molecule has 6 heteroatoms. The van der Waals surface area contributed by atoms with Crippen molar-refractivity contribution in [3.05, 3.63) is 42.5 Å². The summed E-state index contributed by atoms with van der Waals surface area (Å²) in [5, 5.41) is 16.0. The lowest BCUT2D eigenvalue weighted by Crippen LogP contribution is -2.68. The Bertz CT molecular complexity index is 988. The van der Waals surface area contributed by atoms with Crippen molar-refractivity contribution in [3.8, 4) is 5.75 Å². The maximum absolute atomic E-state index is 12.1. The summed E-state index contributed by atoms with van der Waals surface area (Å²) >= 11 is 2.71. The molecular weight excluding hydrogens is 589 g/mol. The minimum atomic E-state index is -0.792. The predicted octanol–water partition coefficient (Wildman–Crippen LogP) is 6.98. The molecule has 5 nitrogen and oxygen atoms in total. The summed E-state index contributed by atoms with van der Waals surface area (Å²) in [5.74, 6) is 1.13. The number of aryl methyl sites for hydroxylation is 1. The maximum atomic E-state index is 12.1. The smallest absolute Gasteiger partial charge is 0.123 e. The summed E-state index contributed by atoms with van der Waals surface area (Å²) < 4.78 is 19.8. The number of hydrogen-bond donors (Lipinski definition) is 2. The van der Waals surface area contributed by atoms with E-state index in [1.807, 2.05) is 24.3 Å². The Morgan fingerprint density at radius 3 is 2.47 bits per heavy atom. The largest absolute Gasteiger partial charge is 0.491 e. The van der Waals surface area contributed by atoms with Gasteiger partial charge in [0.2, 0.25) is 0 Å². The molecule has 0 bridgehead atoms. The summed E-state index contributed by atoms with van der Waals surface area (Å²) in [4.78, 5) is 0. The van der Waals surface area contributed by atoms with Gasteiger partial charge in [0.25, 0.3) is 0 Å². The summed E-state index contributed by atoms with van der Waals surface area (Å²) in [7, 11) is 0. The van der Waals surface area contributed by atoms with E-state index >= 15 is 0 Å². The Morgan fingerprint density at radius 2 is 1.89 bits per heavy atom. The molecule has 1 heterocycles. The third kappa shape index (κ3) is 4.49. The molecule has 2 saturated carbocycles. The van der Waals surface area contributed by atoms with Crippen LogP contribution < -0.4 is 10.1 Å². The van der Waals surface area contributed by atoms with Crippen molar-refractivity contribution in [1.29, 1.82) is 0 Å². The van der Waals surface area contributed by atoms with Crippen LogP contribution in [0.1, 0.15) is 85.6 Å². The molecule has 0 aromatic heterocycles. The van der Waals surface area contributed by atoms with Gasteiger partial charge in [0.05, 0.1) is 15.1 Å². The number of nitrogens with one attached hydrogen (secondary N) is 1. The molecule has 2 unspecified atom stereocenters. The molecule has 2 N–H and O–H groups in total. The monoisotopic (exact) mass is 639 g/mol. The first-order chi connectivity index (χ1) is 17.9. The Balaban J connectivity index is 1.75. The molecule has 38 heavy (non-hydrogen) atoms. The number of halogens is 1. The average molecular weight is 640 g/mol. The Kier molecular flexibility index (Phi) is 8.74. The van der Waals surface area contributed by atoms with Crippen molar-refractivity contribution in [2.45, 2.75) is 120 Å². The standard InChI is InChI=1S/C32H50INO4/c1-9-13-27-34-30(8)18-23-19-31(33,28(6,10-2)11-3)26(36-12-4)20-29(23,7)32(30,38-27)25(35)21-37-24-16-14-22(5)15-17-24/h10,14-17,23,25-27,34-35H,2,9,11-13,18-21H2,1,3-8H3/t23-,25?,26-,27?,28-,29-,30+,31-,32-/m0/s1. The van der Waals surface area contributed by atoms with Crippen molar-refractivity contribution >= 4 is 22.6 Å². The molecule has 0 amide bonds. The van der Waals surface area contributed by atoms with Crippen molar-refractivity contribution in [3.63, 3.8) is 0 Å². The van der Waals surface area contributed by atoms with Gasteiger partial charge in [-0.3, -0.25) is 5.32 Å². The Hall–Kier alpha value is -0.670. The van der Waals surface area contributed by atoms with Gasteiger partial charge >= 0.3 is 0 Å². The molecular formula is C32H50INO4. The van der Waals surface area contributed by atoms with Crippen LogP contribution in [0, 0.1) is 23.7 Å². The molecule has 3 aliphatic rings. The van der Waals surface area contributed by atoms with E-state index in [4.69, 9.17) is 14.2 Å². The molecule has 3 fully saturated rings. The van der Waals surface area contributed by atoms with Crippen LogP contribution in [0.15, 0.2) is 36.9 Å². The third-order valence-electron chi connectivity index (χ3n) is 10.6. The summed E-state index contributed by atoms with van der Waals surface area (Å²) in [6, 6.07) is 8.03. The van der Waals surface area contributed by atoms with E-state index in [9.17, 15) is 5.11 Å². The predicted molar refractivity (Wildman–Crippen MR) is 163 cm³/mol. The molecule has 1 saturated heterocycles. The molecule has 1 aromatic rings. The van der Waals surface area contributed by atoms with E-state index in [2.05, 4.69) is 89.0 Å². The SMILES string of the molecule is C=C[C@@](C)(CC)[C@]1(I)C[C@@H]2C[C@@]3(C)NC(CCC)O[C@@]3(C(O)COc3ccc(C)cc3)[C@@]2(C)C[C@@H]1OCC. The van der Waals surface area contributed by atoms with Crippen molar-refractivity contribution in [1.82, 2.24) is 5.32 Å². The van der Waals surface area contributed by atoms with Crippen LogP contribution >= 0.6 is 22.6 Å². The highest BCUT2D eigenvalue weighted by Gasteiger charge is 2.78. The van der Waals surface area contributed by atoms with Gasteiger partial charge in [0.1, 0.15) is 30.3 Å². The first-order valence-corrected chi connectivity index (χ1v) is 15.7. The second kappa shape index (κ2) is 11.0. The zero-order valence-corrected chi connectivity index (χ0v) is 26.8. The van der Waals surface area contributed by atoms with Gasteiger partial charge < -0.3 is 19.3 Å². The molecule has 214 valence electrons. The summed E-state index contributed by atoms with van der Waals surface area (Å²) in [5.41, 5.74) is -0.340. The second-order valence-corrected chi connectivity index (χ2v) is 14.7. The third-order valence-corrected chi connectivity index (χ3v) is 13.0. The van der Waals surface area contributed by atoms with Crippen molar-refractivity contribution < 1.29 is 19.3 Å². The van der Waals surface area contributed by atoms with Crippen molar-refractivity contribution in [2.24, 2.45) is 16.7 Å². The van der Waals surface area contributed by atoms with E-state index in [1.54, 1.807) is 0 Å². The number of hydrogen-bond acceptors (Lipinski definition) is 5. The molecule has 4 rings (SSSR count). The molecule has 0 radical (unpaired) electrons. The van der Waals surface area contributed by atoms with E-state index in [1.165, 1.54) is 5.56 Å². The molecule has 2 aliphatic carbocycles. The lowest BCUT2D eigenvalue weighted by atomic mass is 9.53. The highest BCUT2D eigenvalue weighted by atomic mass is 127. The van der Waals surface area contributed by atoms with Crippen LogP contribution in [-0.2, 0) is 9.47 Å². The zero-order chi connectivity index (χ0) is 28.0. The highest BCUT2D eigenvalue weighted by molar-refractivity contribution is 14.1. The Morgan fingerprint density at radius 1 is 1.21 bits per heavy atom. The number of benzene rings is 1. The summed E-state index contributed by atoms with van der Waals surface area (Å²) in [6.45, 7) is 20.7. The van der Waals surface area contributed by atoms with Crippen LogP contribution in [-0.4, -0.2) is 51.3 Å². The van der Waals surface area contributed by atoms with E-state index in [-0.39, 0.29) is 38.7 Å². The van der Waals surface area contributed by atoms with Gasteiger partial charge in [-0.15, -0.1) is 6.58 Å². The van der Waals surface area contributed by atoms with Crippen LogP contribution in [0.4, 0.5) is 0 Å². The lowest BCUT2D eigenvalue weighted by molar-refractivity contribution is -0.219. The van der Waals surface area contributed by atoms with E-state index in [0.717, 1.165) is 44.3 Å². The molecule has 1 aromatic carbocycles. The van der Waals surface area contributed by atoms with Gasteiger partial charge in [0, 0.05) is 17.4 Å². The number of alkyl halides is 1. The minimum Gasteiger partial charge on any atom is -0.491 e. The number of aliphatic hydroxyl groups is 1. The summed E-state index contributed by atoms with van der Waals surface area (Å²) in [6.07, 6.45) is 7.02. The van der Waals surface area contributed by atoms with Gasteiger partial charge in [-0.25, -0.2) is 0 Å². The Labute approximate surface area is 244 Å². The number of rotatable bonds is 11. The first-order valence-electron chi connectivity index (χ1n) is 14.7. The number of aliphatic hydroxyl groups excluding tert-OH is 1. The number of allylic oxidation sites excluding steroid dienone is 1. The molecule has 1 aliphatic heterocycles. The quantitative estimate of drug-likeness (QED) is 0.156. The molecule has 0 spiro atoms. The first kappa shape index (κ1) is 30.3. The van der Waals surface area contributed by atoms with Crippen LogP contribution in [0.25, 0.3) is 0 Å². The fraction of sp³-hybridized carbons (Fsp3) is 0.750. The van der Waals surface area contributed by atoms with Gasteiger partial charge in [-0.05, 0) is 70.9 Å². The normalized spacial score (nSPS) is 40.7. The van der Waals surface area contributed by atoms with E-state index < -0.39 is 11.7 Å². The van der Waals surface area contributed by atoms with Crippen LogP contribution in [0.3, 0.4) is 0 Å². The van der Waals surface area contributed by atoms with Crippen molar-refractivity contribution in [2.75, 3.05) is 13.2 Å².